The molecule has 0 spiro atoms. The van der Waals surface area contributed by atoms with Gasteiger partial charge < -0.3 is 10.4 Å². The minimum Gasteiger partial charge on any atom is -0.508 e. The molecule has 0 aromatic heterocycles. The van der Waals surface area contributed by atoms with Gasteiger partial charge in [-0.2, -0.15) is 0 Å². The zero-order chi connectivity index (χ0) is 14.0. The maximum Gasteiger partial charge on any atom is 0.256 e. The van der Waals surface area contributed by atoms with Crippen LogP contribution >= 0.6 is 38.5 Å². The number of hydrogen-bond donors (Lipinski definition) is 2. The summed E-state index contributed by atoms with van der Waals surface area (Å²) in [4.78, 5) is 12.2. The SMILES string of the molecule is Cc1ccc(NC(=O)c2cc(Br)ccc2I)cc1O. The lowest BCUT2D eigenvalue weighted by molar-refractivity contribution is 0.102. The lowest BCUT2D eigenvalue weighted by atomic mass is 10.2. The van der Waals surface area contributed by atoms with Crippen molar-refractivity contribution in [1.82, 2.24) is 0 Å². The first-order valence-electron chi connectivity index (χ1n) is 5.53. The molecule has 0 saturated carbocycles. The lowest BCUT2D eigenvalue weighted by Crippen LogP contribution is -2.13. The molecule has 2 aromatic rings. The fourth-order valence-electron chi connectivity index (χ4n) is 1.56. The molecule has 0 radical (unpaired) electrons. The van der Waals surface area contributed by atoms with Gasteiger partial charge in [0.25, 0.3) is 5.91 Å². The highest BCUT2D eigenvalue weighted by Gasteiger charge is 2.11. The fraction of sp³-hybridized carbons (Fsp3) is 0.0714. The summed E-state index contributed by atoms with van der Waals surface area (Å²) >= 11 is 5.46. The van der Waals surface area contributed by atoms with Crippen molar-refractivity contribution >= 4 is 50.1 Å². The summed E-state index contributed by atoms with van der Waals surface area (Å²) in [7, 11) is 0. The van der Waals surface area contributed by atoms with E-state index >= 15 is 0 Å². The smallest absolute Gasteiger partial charge is 0.256 e. The first-order valence-corrected chi connectivity index (χ1v) is 7.40. The number of amides is 1. The van der Waals surface area contributed by atoms with Crippen molar-refractivity contribution in [3.05, 3.63) is 55.6 Å². The number of halogens is 2. The first-order chi connectivity index (χ1) is 8.97. The number of anilines is 1. The Hall–Kier alpha value is -1.08. The second kappa shape index (κ2) is 5.92. The molecule has 3 nitrogen and oxygen atoms in total. The van der Waals surface area contributed by atoms with Crippen molar-refractivity contribution in [3.8, 4) is 5.75 Å². The van der Waals surface area contributed by atoms with Crippen LogP contribution in [0.5, 0.6) is 5.75 Å². The van der Waals surface area contributed by atoms with Gasteiger partial charge in [-0.3, -0.25) is 4.79 Å². The highest BCUT2D eigenvalue weighted by atomic mass is 127. The van der Waals surface area contributed by atoms with E-state index in [2.05, 4.69) is 43.8 Å². The summed E-state index contributed by atoms with van der Waals surface area (Å²) in [6.45, 7) is 1.80. The molecule has 98 valence electrons. The van der Waals surface area contributed by atoms with Crippen molar-refractivity contribution in [2.75, 3.05) is 5.32 Å². The summed E-state index contributed by atoms with van der Waals surface area (Å²) in [6.07, 6.45) is 0. The quantitative estimate of drug-likeness (QED) is 0.695. The van der Waals surface area contributed by atoms with Gasteiger partial charge in [-0.1, -0.05) is 22.0 Å². The number of hydrogen-bond acceptors (Lipinski definition) is 2. The predicted octanol–water partition coefficient (Wildman–Crippen LogP) is 4.32. The number of nitrogens with one attached hydrogen (secondary N) is 1. The van der Waals surface area contributed by atoms with Crippen LogP contribution in [0.25, 0.3) is 0 Å². The van der Waals surface area contributed by atoms with Crippen molar-refractivity contribution in [2.24, 2.45) is 0 Å². The molecule has 2 aromatic carbocycles. The van der Waals surface area contributed by atoms with E-state index in [-0.39, 0.29) is 11.7 Å². The number of phenolic OH excluding ortho intramolecular Hbond substituents is 1. The topological polar surface area (TPSA) is 49.3 Å². The monoisotopic (exact) mass is 431 g/mol. The summed E-state index contributed by atoms with van der Waals surface area (Å²) in [5.41, 5.74) is 1.94. The van der Waals surface area contributed by atoms with E-state index in [4.69, 9.17) is 0 Å². The summed E-state index contributed by atoms with van der Waals surface area (Å²) in [5, 5.41) is 12.4. The average molecular weight is 432 g/mol. The van der Waals surface area contributed by atoms with E-state index in [0.717, 1.165) is 13.6 Å². The Morgan fingerprint density at radius 3 is 2.68 bits per heavy atom. The molecule has 0 aliphatic rings. The Morgan fingerprint density at radius 2 is 2.00 bits per heavy atom. The standard InChI is InChI=1S/C14H11BrINO2/c1-8-2-4-10(7-13(8)18)17-14(19)11-6-9(15)3-5-12(11)16/h2-7,18H,1H3,(H,17,19). The van der Waals surface area contributed by atoms with Gasteiger partial charge in [0.1, 0.15) is 5.75 Å². The van der Waals surface area contributed by atoms with Gasteiger partial charge in [0.05, 0.1) is 5.56 Å². The van der Waals surface area contributed by atoms with E-state index in [9.17, 15) is 9.90 Å². The molecule has 2 rings (SSSR count). The predicted molar refractivity (Wildman–Crippen MR) is 87.7 cm³/mol. The Morgan fingerprint density at radius 1 is 1.26 bits per heavy atom. The number of phenols is 1. The zero-order valence-electron chi connectivity index (χ0n) is 10.1. The number of rotatable bonds is 2. The van der Waals surface area contributed by atoms with E-state index in [1.54, 1.807) is 25.1 Å². The molecule has 0 aliphatic heterocycles. The van der Waals surface area contributed by atoms with Crippen LogP contribution in [-0.4, -0.2) is 11.0 Å². The van der Waals surface area contributed by atoms with Crippen molar-refractivity contribution in [2.45, 2.75) is 6.92 Å². The van der Waals surface area contributed by atoms with Crippen molar-refractivity contribution in [1.29, 1.82) is 0 Å². The number of aryl methyl sites for hydroxylation is 1. The fourth-order valence-corrected chi connectivity index (χ4v) is 2.50. The van der Waals surface area contributed by atoms with Crippen molar-refractivity contribution < 1.29 is 9.90 Å². The van der Waals surface area contributed by atoms with Gasteiger partial charge >= 0.3 is 0 Å². The van der Waals surface area contributed by atoms with E-state index in [1.807, 2.05) is 12.1 Å². The van der Waals surface area contributed by atoms with E-state index in [0.29, 0.717) is 11.3 Å². The molecule has 0 bridgehead atoms. The molecular formula is C14H11BrINO2. The maximum atomic E-state index is 12.2. The molecule has 0 aliphatic carbocycles. The highest BCUT2D eigenvalue weighted by molar-refractivity contribution is 14.1. The third-order valence-electron chi connectivity index (χ3n) is 2.64. The third-order valence-corrected chi connectivity index (χ3v) is 4.07. The van der Waals surface area contributed by atoms with Crippen LogP contribution in [0.15, 0.2) is 40.9 Å². The molecule has 19 heavy (non-hydrogen) atoms. The summed E-state index contributed by atoms with van der Waals surface area (Å²) in [6, 6.07) is 10.6. The van der Waals surface area contributed by atoms with Crippen molar-refractivity contribution in [3.63, 3.8) is 0 Å². The third kappa shape index (κ3) is 3.48. The lowest BCUT2D eigenvalue weighted by Gasteiger charge is -2.08. The van der Waals surface area contributed by atoms with Gasteiger partial charge in [-0.15, -0.1) is 0 Å². The largest absolute Gasteiger partial charge is 0.508 e. The van der Waals surface area contributed by atoms with Gasteiger partial charge in [0.2, 0.25) is 0 Å². The van der Waals surface area contributed by atoms with Crippen LogP contribution in [0.3, 0.4) is 0 Å². The maximum absolute atomic E-state index is 12.2. The van der Waals surface area contributed by atoms with Crippen LogP contribution in [-0.2, 0) is 0 Å². The molecule has 0 atom stereocenters. The van der Waals surface area contributed by atoms with Crippen LogP contribution in [0.1, 0.15) is 15.9 Å². The number of aromatic hydroxyl groups is 1. The molecule has 5 heteroatoms. The Balaban J connectivity index is 2.25. The van der Waals surface area contributed by atoms with Crippen LogP contribution < -0.4 is 5.32 Å². The summed E-state index contributed by atoms with van der Waals surface area (Å²) < 4.78 is 1.72. The van der Waals surface area contributed by atoms with E-state index < -0.39 is 0 Å². The van der Waals surface area contributed by atoms with E-state index in [1.165, 1.54) is 6.07 Å². The minimum atomic E-state index is -0.200. The second-order valence-corrected chi connectivity index (χ2v) is 6.16. The van der Waals surface area contributed by atoms with Gasteiger partial charge in [0, 0.05) is 19.8 Å². The van der Waals surface area contributed by atoms with Gasteiger partial charge in [-0.25, -0.2) is 0 Å². The second-order valence-electron chi connectivity index (χ2n) is 4.08. The number of carbonyl (C=O) groups is 1. The minimum absolute atomic E-state index is 0.168. The van der Waals surface area contributed by atoms with Gasteiger partial charge in [0.15, 0.2) is 0 Å². The van der Waals surface area contributed by atoms with Crippen LogP contribution in [0, 0.1) is 10.5 Å². The highest BCUT2D eigenvalue weighted by Crippen LogP contribution is 2.23. The Labute approximate surface area is 133 Å². The molecule has 0 unspecified atom stereocenters. The van der Waals surface area contributed by atoms with Crippen LogP contribution in [0.4, 0.5) is 5.69 Å². The molecule has 0 fully saturated rings. The number of benzene rings is 2. The average Bonchev–Trinajstić information content (AvgIpc) is 2.36. The molecular weight excluding hydrogens is 421 g/mol. The number of carbonyl (C=O) groups excluding carboxylic acids is 1. The Kier molecular flexibility index (Phi) is 4.46. The molecule has 2 N–H and O–H groups in total. The Bertz CT molecular complexity index is 643. The molecule has 1 amide bonds. The molecule has 0 heterocycles. The molecule has 0 saturated heterocycles. The summed E-state index contributed by atoms with van der Waals surface area (Å²) in [5.74, 6) is -0.0318. The normalized spacial score (nSPS) is 10.3. The van der Waals surface area contributed by atoms with Crippen LogP contribution in [0.2, 0.25) is 0 Å². The van der Waals surface area contributed by atoms with Gasteiger partial charge in [-0.05, 0) is 59.3 Å². The zero-order valence-corrected chi connectivity index (χ0v) is 13.8. The first kappa shape index (κ1) is 14.3.